The highest BCUT2D eigenvalue weighted by atomic mass is 32.2. The summed E-state index contributed by atoms with van der Waals surface area (Å²) in [6.45, 7) is 9.75. The van der Waals surface area contributed by atoms with Gasteiger partial charge in [0.25, 0.3) is 0 Å². The van der Waals surface area contributed by atoms with Crippen molar-refractivity contribution in [3.8, 4) is 0 Å². The summed E-state index contributed by atoms with van der Waals surface area (Å²) in [5, 5.41) is 4.44. The van der Waals surface area contributed by atoms with E-state index in [2.05, 4.69) is 35.8 Å². The summed E-state index contributed by atoms with van der Waals surface area (Å²) in [5.74, 6) is 2.23. The molecule has 1 N–H and O–H groups in total. The van der Waals surface area contributed by atoms with Crippen LogP contribution in [0.1, 0.15) is 26.7 Å². The van der Waals surface area contributed by atoms with Crippen LogP contribution in [0.4, 0.5) is 0 Å². The lowest BCUT2D eigenvalue weighted by Crippen LogP contribution is -2.47. The second-order valence-electron chi connectivity index (χ2n) is 4.79. The third-order valence-electron chi connectivity index (χ3n) is 3.92. The molecule has 2 aliphatic heterocycles. The fourth-order valence-corrected chi connectivity index (χ4v) is 4.06. The van der Waals surface area contributed by atoms with Gasteiger partial charge in [0.15, 0.2) is 0 Å². The summed E-state index contributed by atoms with van der Waals surface area (Å²) in [7, 11) is 0. The molecule has 0 aromatic heterocycles. The molecule has 3 atom stereocenters. The molecule has 2 heterocycles. The van der Waals surface area contributed by atoms with Crippen LogP contribution in [-0.2, 0) is 0 Å². The van der Waals surface area contributed by atoms with Crippen LogP contribution in [0.2, 0.25) is 0 Å². The quantitative estimate of drug-likeness (QED) is 0.793. The van der Waals surface area contributed by atoms with Gasteiger partial charge in [-0.05, 0) is 18.9 Å². The van der Waals surface area contributed by atoms with Crippen molar-refractivity contribution >= 4 is 11.8 Å². The number of nitrogens with zero attached hydrogens (tertiary/aromatic N) is 1. The number of rotatable bonds is 3. The first kappa shape index (κ1) is 11.7. The van der Waals surface area contributed by atoms with Gasteiger partial charge in [0.05, 0.1) is 0 Å². The summed E-state index contributed by atoms with van der Waals surface area (Å²) in [6, 6.07) is 0.824. The number of hydrogen-bond donors (Lipinski definition) is 1. The van der Waals surface area contributed by atoms with Gasteiger partial charge in [0, 0.05) is 36.7 Å². The topological polar surface area (TPSA) is 15.3 Å². The lowest BCUT2D eigenvalue weighted by Gasteiger charge is -2.38. The number of nitrogens with one attached hydrogen (secondary N) is 1. The zero-order valence-corrected chi connectivity index (χ0v) is 10.9. The predicted octanol–water partition coefficient (Wildman–Crippen LogP) is 1.81. The third kappa shape index (κ3) is 2.69. The molecule has 0 aliphatic carbocycles. The molecule has 0 bridgehead atoms. The van der Waals surface area contributed by atoms with E-state index >= 15 is 0 Å². The monoisotopic (exact) mass is 228 g/mol. The van der Waals surface area contributed by atoms with Gasteiger partial charge in [-0.2, -0.15) is 11.8 Å². The fraction of sp³-hybridized carbons (Fsp3) is 1.00. The van der Waals surface area contributed by atoms with Crippen LogP contribution >= 0.6 is 11.8 Å². The van der Waals surface area contributed by atoms with E-state index in [0.717, 1.165) is 17.2 Å². The van der Waals surface area contributed by atoms with Crippen molar-refractivity contribution in [2.45, 2.75) is 38.0 Å². The Morgan fingerprint density at radius 2 is 2.13 bits per heavy atom. The summed E-state index contributed by atoms with van der Waals surface area (Å²) in [4.78, 5) is 2.75. The average Bonchev–Trinajstić information content (AvgIpc) is 2.77. The van der Waals surface area contributed by atoms with Crippen molar-refractivity contribution < 1.29 is 0 Å². The lowest BCUT2D eigenvalue weighted by molar-refractivity contribution is 0.174. The van der Waals surface area contributed by atoms with Crippen LogP contribution < -0.4 is 5.32 Å². The van der Waals surface area contributed by atoms with Crippen molar-refractivity contribution in [1.29, 1.82) is 0 Å². The van der Waals surface area contributed by atoms with Gasteiger partial charge in [-0.25, -0.2) is 0 Å². The maximum absolute atomic E-state index is 3.56. The Labute approximate surface area is 98.2 Å². The van der Waals surface area contributed by atoms with Gasteiger partial charge in [0.2, 0.25) is 0 Å². The van der Waals surface area contributed by atoms with E-state index in [1.54, 1.807) is 0 Å². The largest absolute Gasteiger partial charge is 0.315 e. The first-order chi connectivity index (χ1) is 7.35. The number of hydrogen-bond acceptors (Lipinski definition) is 3. The molecule has 2 rings (SSSR count). The third-order valence-corrected chi connectivity index (χ3v) is 5.30. The van der Waals surface area contributed by atoms with E-state index in [1.165, 1.54) is 44.8 Å². The Kier molecular flexibility index (Phi) is 4.35. The standard InChI is InChI=1S/C12H24N2S/c1-3-10-7-13-8-12(10)14-5-6-15-11(4-2)9-14/h10-13H,3-9H2,1-2H3. The molecule has 0 spiro atoms. The Balaban J connectivity index is 1.91. The second-order valence-corrected chi connectivity index (χ2v) is 6.20. The molecule has 2 nitrogen and oxygen atoms in total. The highest BCUT2D eigenvalue weighted by Gasteiger charge is 2.33. The van der Waals surface area contributed by atoms with Crippen LogP contribution in [0.5, 0.6) is 0 Å². The van der Waals surface area contributed by atoms with Crippen LogP contribution in [0.15, 0.2) is 0 Å². The minimum absolute atomic E-state index is 0.824. The van der Waals surface area contributed by atoms with Crippen molar-refractivity contribution in [2.24, 2.45) is 5.92 Å². The number of thioether (sulfide) groups is 1. The van der Waals surface area contributed by atoms with Gasteiger partial charge >= 0.3 is 0 Å². The van der Waals surface area contributed by atoms with E-state index in [4.69, 9.17) is 0 Å². The van der Waals surface area contributed by atoms with Gasteiger partial charge in [-0.1, -0.05) is 20.3 Å². The highest BCUT2D eigenvalue weighted by Crippen LogP contribution is 2.26. The molecular weight excluding hydrogens is 204 g/mol. The predicted molar refractivity (Wildman–Crippen MR) is 68.5 cm³/mol. The molecule has 0 amide bonds. The molecule has 3 unspecified atom stereocenters. The lowest BCUT2D eigenvalue weighted by atomic mass is 9.99. The SMILES string of the molecule is CCC1CN(C2CNCC2CC)CCS1. The summed E-state index contributed by atoms with van der Waals surface area (Å²) < 4.78 is 0. The molecule has 15 heavy (non-hydrogen) atoms. The fourth-order valence-electron chi connectivity index (χ4n) is 2.85. The Morgan fingerprint density at radius 3 is 2.87 bits per heavy atom. The molecule has 88 valence electrons. The molecule has 0 saturated carbocycles. The van der Waals surface area contributed by atoms with Crippen molar-refractivity contribution in [3.63, 3.8) is 0 Å². The Morgan fingerprint density at radius 1 is 1.27 bits per heavy atom. The molecular formula is C12H24N2S. The molecule has 3 heteroatoms. The first-order valence-corrected chi connectivity index (χ1v) is 7.46. The van der Waals surface area contributed by atoms with E-state index < -0.39 is 0 Å². The van der Waals surface area contributed by atoms with E-state index in [9.17, 15) is 0 Å². The molecule has 0 aromatic rings. The van der Waals surface area contributed by atoms with Crippen LogP contribution in [0, 0.1) is 5.92 Å². The van der Waals surface area contributed by atoms with E-state index in [1.807, 2.05) is 0 Å². The van der Waals surface area contributed by atoms with Gasteiger partial charge < -0.3 is 5.32 Å². The summed E-state index contributed by atoms with van der Waals surface area (Å²) in [5.41, 5.74) is 0. The molecule has 2 fully saturated rings. The van der Waals surface area contributed by atoms with E-state index in [0.29, 0.717) is 0 Å². The zero-order chi connectivity index (χ0) is 10.7. The maximum Gasteiger partial charge on any atom is 0.0261 e. The minimum atomic E-state index is 0.824. The van der Waals surface area contributed by atoms with E-state index in [-0.39, 0.29) is 0 Å². The first-order valence-electron chi connectivity index (χ1n) is 6.41. The van der Waals surface area contributed by atoms with Crippen LogP contribution in [-0.4, -0.2) is 48.1 Å². The Bertz CT molecular complexity index is 198. The minimum Gasteiger partial charge on any atom is -0.315 e. The average molecular weight is 228 g/mol. The van der Waals surface area contributed by atoms with Gasteiger partial charge in [-0.15, -0.1) is 0 Å². The molecule has 2 aliphatic rings. The van der Waals surface area contributed by atoms with Gasteiger partial charge in [-0.3, -0.25) is 4.90 Å². The molecule has 2 saturated heterocycles. The second kappa shape index (κ2) is 5.55. The Hall–Kier alpha value is 0.270. The van der Waals surface area contributed by atoms with Crippen LogP contribution in [0.3, 0.4) is 0 Å². The van der Waals surface area contributed by atoms with Crippen molar-refractivity contribution in [1.82, 2.24) is 10.2 Å². The smallest absolute Gasteiger partial charge is 0.0261 e. The summed E-state index contributed by atoms with van der Waals surface area (Å²) in [6.07, 6.45) is 2.66. The van der Waals surface area contributed by atoms with Crippen LogP contribution in [0.25, 0.3) is 0 Å². The normalized spacial score (nSPS) is 38.4. The maximum atomic E-state index is 3.56. The molecule has 0 aromatic carbocycles. The molecule has 0 radical (unpaired) electrons. The summed E-state index contributed by atoms with van der Waals surface area (Å²) >= 11 is 2.17. The van der Waals surface area contributed by atoms with Crippen molar-refractivity contribution in [2.75, 3.05) is 31.9 Å². The van der Waals surface area contributed by atoms with Crippen molar-refractivity contribution in [3.05, 3.63) is 0 Å². The zero-order valence-electron chi connectivity index (χ0n) is 10.0. The highest BCUT2D eigenvalue weighted by molar-refractivity contribution is 8.00. The van der Waals surface area contributed by atoms with Gasteiger partial charge in [0.1, 0.15) is 0 Å².